The molecule has 94 valence electrons. The van der Waals surface area contributed by atoms with Crippen LogP contribution in [0.4, 0.5) is 5.69 Å². The minimum atomic E-state index is 0.583. The number of fused-ring (bicyclic) bond motifs is 1. The van der Waals surface area contributed by atoms with Crippen LogP contribution >= 0.6 is 15.9 Å². The fraction of sp³-hybridized carbons (Fsp3) is 0.308. The van der Waals surface area contributed by atoms with Crippen molar-refractivity contribution < 1.29 is 4.74 Å². The minimum Gasteiger partial charge on any atom is -0.496 e. The summed E-state index contributed by atoms with van der Waals surface area (Å²) in [5, 5.41) is 0.916. The molecule has 2 aromatic rings. The topological polar surface area (TPSA) is 60.2 Å². The van der Waals surface area contributed by atoms with E-state index in [0.29, 0.717) is 5.92 Å². The van der Waals surface area contributed by atoms with E-state index >= 15 is 0 Å². The Morgan fingerprint density at radius 3 is 2.83 bits per heavy atom. The number of rotatable bonds is 3. The fourth-order valence-electron chi connectivity index (χ4n) is 2.17. The molecule has 1 heterocycles. The summed E-state index contributed by atoms with van der Waals surface area (Å²) in [6, 6.07) is 5.88. The number of methoxy groups -OCH3 is 1. The summed E-state index contributed by atoms with van der Waals surface area (Å²) in [4.78, 5) is 4.73. The summed E-state index contributed by atoms with van der Waals surface area (Å²) in [6.07, 6.45) is 2.42. The molecule has 1 aliphatic carbocycles. The van der Waals surface area contributed by atoms with Crippen LogP contribution in [0.1, 0.15) is 24.5 Å². The number of nitrogens with two attached hydrogens (primary N) is 1. The Labute approximate surface area is 114 Å². The Hall–Kier alpha value is -1.33. The van der Waals surface area contributed by atoms with Crippen molar-refractivity contribution in [2.24, 2.45) is 5.84 Å². The summed E-state index contributed by atoms with van der Waals surface area (Å²) in [5.41, 5.74) is 5.61. The number of halogens is 1. The first-order chi connectivity index (χ1) is 8.74. The van der Waals surface area contributed by atoms with Crippen molar-refractivity contribution in [1.82, 2.24) is 4.98 Å². The number of anilines is 1. The summed E-state index contributed by atoms with van der Waals surface area (Å²) in [7, 11) is 1.65. The number of nitrogen functional groups attached to an aromatic ring is 1. The lowest BCUT2D eigenvalue weighted by Gasteiger charge is -2.13. The second-order valence-corrected chi connectivity index (χ2v) is 5.34. The Kier molecular flexibility index (Phi) is 2.87. The predicted octanol–water partition coefficient (Wildman–Crippen LogP) is 3.17. The van der Waals surface area contributed by atoms with Crippen molar-refractivity contribution in [3.05, 3.63) is 28.4 Å². The lowest BCUT2D eigenvalue weighted by Crippen LogP contribution is -2.09. The number of ether oxygens (including phenoxy) is 1. The summed E-state index contributed by atoms with van der Waals surface area (Å²) < 4.78 is 6.34. The van der Waals surface area contributed by atoms with Crippen LogP contribution in [-0.4, -0.2) is 12.1 Å². The number of nitrogens with zero attached hydrogens (tertiary/aromatic N) is 1. The van der Waals surface area contributed by atoms with Crippen molar-refractivity contribution in [3.8, 4) is 5.75 Å². The fourth-order valence-corrected chi connectivity index (χ4v) is 2.59. The van der Waals surface area contributed by atoms with Crippen LogP contribution in [0, 0.1) is 0 Å². The van der Waals surface area contributed by atoms with E-state index in [1.807, 2.05) is 18.2 Å². The van der Waals surface area contributed by atoms with Gasteiger partial charge in [0, 0.05) is 16.1 Å². The van der Waals surface area contributed by atoms with Gasteiger partial charge in [-0.1, -0.05) is 0 Å². The molecule has 0 atom stereocenters. The molecule has 0 amide bonds. The maximum Gasteiger partial charge on any atom is 0.130 e. The molecule has 3 N–H and O–H groups in total. The molecule has 1 aromatic heterocycles. The average Bonchev–Trinajstić information content (AvgIpc) is 3.23. The molecular weight excluding hydrogens is 294 g/mol. The summed E-state index contributed by atoms with van der Waals surface area (Å²) in [5.74, 6) is 6.99. The number of nitrogens with one attached hydrogen (secondary N) is 1. The number of pyridine rings is 1. The lowest BCUT2D eigenvalue weighted by atomic mass is 10.1. The smallest absolute Gasteiger partial charge is 0.130 e. The maximum atomic E-state index is 5.63. The summed E-state index contributed by atoms with van der Waals surface area (Å²) in [6.45, 7) is 0. The van der Waals surface area contributed by atoms with Crippen molar-refractivity contribution in [2.75, 3.05) is 12.5 Å². The zero-order chi connectivity index (χ0) is 12.7. The Morgan fingerprint density at radius 2 is 2.22 bits per heavy atom. The van der Waals surface area contributed by atoms with E-state index in [1.54, 1.807) is 7.11 Å². The van der Waals surface area contributed by atoms with E-state index in [4.69, 9.17) is 15.6 Å². The van der Waals surface area contributed by atoms with E-state index in [9.17, 15) is 0 Å². The minimum absolute atomic E-state index is 0.583. The molecule has 4 nitrogen and oxygen atoms in total. The summed E-state index contributed by atoms with van der Waals surface area (Å²) >= 11 is 3.54. The molecule has 0 radical (unpaired) electrons. The third-order valence-corrected chi connectivity index (χ3v) is 3.90. The first-order valence-corrected chi connectivity index (χ1v) is 6.67. The van der Waals surface area contributed by atoms with Gasteiger partial charge in [-0.15, -0.1) is 0 Å². The van der Waals surface area contributed by atoms with Crippen LogP contribution < -0.4 is 16.0 Å². The molecule has 18 heavy (non-hydrogen) atoms. The van der Waals surface area contributed by atoms with E-state index in [0.717, 1.165) is 32.5 Å². The van der Waals surface area contributed by atoms with Gasteiger partial charge in [0.25, 0.3) is 0 Å². The highest BCUT2D eigenvalue weighted by molar-refractivity contribution is 9.10. The average molecular weight is 308 g/mol. The Balaban J connectivity index is 2.33. The van der Waals surface area contributed by atoms with E-state index < -0.39 is 0 Å². The number of hydrogen-bond donors (Lipinski definition) is 2. The van der Waals surface area contributed by atoms with Crippen molar-refractivity contribution in [2.45, 2.75) is 18.8 Å². The molecule has 3 rings (SSSR count). The third kappa shape index (κ3) is 1.83. The third-order valence-electron chi connectivity index (χ3n) is 3.26. The second kappa shape index (κ2) is 4.40. The van der Waals surface area contributed by atoms with Gasteiger partial charge in [0.15, 0.2) is 0 Å². The molecule has 5 heteroatoms. The van der Waals surface area contributed by atoms with Gasteiger partial charge < -0.3 is 10.2 Å². The van der Waals surface area contributed by atoms with Crippen LogP contribution in [0.2, 0.25) is 0 Å². The lowest BCUT2D eigenvalue weighted by molar-refractivity contribution is 0.420. The molecule has 1 aliphatic rings. The number of benzene rings is 1. The van der Waals surface area contributed by atoms with Crippen molar-refractivity contribution in [1.29, 1.82) is 0 Å². The van der Waals surface area contributed by atoms with Crippen LogP contribution in [0.5, 0.6) is 5.75 Å². The van der Waals surface area contributed by atoms with E-state index in [1.165, 1.54) is 12.8 Å². The monoisotopic (exact) mass is 307 g/mol. The molecule has 0 spiro atoms. The van der Waals surface area contributed by atoms with Gasteiger partial charge in [-0.25, -0.2) is 0 Å². The maximum absolute atomic E-state index is 5.63. The van der Waals surface area contributed by atoms with Gasteiger partial charge in [0.05, 0.1) is 23.7 Å². The number of aromatic nitrogens is 1. The zero-order valence-electron chi connectivity index (χ0n) is 10.0. The first-order valence-electron chi connectivity index (χ1n) is 5.88. The highest BCUT2D eigenvalue weighted by Gasteiger charge is 2.26. The van der Waals surface area contributed by atoms with Crippen LogP contribution in [0.3, 0.4) is 0 Å². The van der Waals surface area contributed by atoms with Gasteiger partial charge in [-0.3, -0.25) is 10.8 Å². The Bertz CT molecular complexity index is 611. The normalized spacial score (nSPS) is 14.8. The first kappa shape index (κ1) is 11.7. The van der Waals surface area contributed by atoms with Gasteiger partial charge >= 0.3 is 0 Å². The standard InChI is InChI=1S/C13H14BrN3O/c1-18-11-5-4-8(14)13-12(11)10(17-15)6-9(16-13)7-2-3-7/h4-7H,2-3,15H2,1H3,(H,16,17). The highest BCUT2D eigenvalue weighted by atomic mass is 79.9. The van der Waals surface area contributed by atoms with Gasteiger partial charge in [0.1, 0.15) is 5.75 Å². The van der Waals surface area contributed by atoms with E-state index in [-0.39, 0.29) is 0 Å². The highest BCUT2D eigenvalue weighted by Crippen LogP contribution is 2.43. The van der Waals surface area contributed by atoms with Gasteiger partial charge in [-0.05, 0) is 47.0 Å². The van der Waals surface area contributed by atoms with Crippen LogP contribution in [-0.2, 0) is 0 Å². The van der Waals surface area contributed by atoms with Gasteiger partial charge in [0.2, 0.25) is 0 Å². The Morgan fingerprint density at radius 1 is 1.44 bits per heavy atom. The molecule has 0 aliphatic heterocycles. The number of hydrogen-bond acceptors (Lipinski definition) is 4. The quantitative estimate of drug-likeness (QED) is 0.675. The van der Waals surface area contributed by atoms with Crippen molar-refractivity contribution >= 4 is 32.5 Å². The van der Waals surface area contributed by atoms with Gasteiger partial charge in [-0.2, -0.15) is 0 Å². The largest absolute Gasteiger partial charge is 0.496 e. The predicted molar refractivity (Wildman–Crippen MR) is 75.8 cm³/mol. The molecule has 0 saturated heterocycles. The second-order valence-electron chi connectivity index (χ2n) is 4.49. The molecule has 0 unspecified atom stereocenters. The molecule has 1 fully saturated rings. The molecule has 0 bridgehead atoms. The van der Waals surface area contributed by atoms with Crippen molar-refractivity contribution in [3.63, 3.8) is 0 Å². The zero-order valence-corrected chi connectivity index (χ0v) is 11.6. The van der Waals surface area contributed by atoms with Crippen LogP contribution in [0.25, 0.3) is 10.9 Å². The van der Waals surface area contributed by atoms with Crippen LogP contribution in [0.15, 0.2) is 22.7 Å². The SMILES string of the molecule is COc1ccc(Br)c2nc(C3CC3)cc(NN)c12. The molecular formula is C13H14BrN3O. The number of hydrazine groups is 1. The molecule has 1 aromatic carbocycles. The molecule has 1 saturated carbocycles. The van der Waals surface area contributed by atoms with E-state index in [2.05, 4.69) is 21.4 Å².